The molecule has 38 heavy (non-hydrogen) atoms. The highest BCUT2D eigenvalue weighted by Gasteiger charge is 2.37. The maximum Gasteiger partial charge on any atom is 0.310 e. The van der Waals surface area contributed by atoms with E-state index in [9.17, 15) is 9.90 Å². The molecule has 0 radical (unpaired) electrons. The van der Waals surface area contributed by atoms with E-state index in [1.54, 1.807) is 24.3 Å². The van der Waals surface area contributed by atoms with Crippen LogP contribution in [0.5, 0.6) is 5.75 Å². The Bertz CT molecular complexity index is 1530. The van der Waals surface area contributed by atoms with Crippen molar-refractivity contribution in [1.29, 1.82) is 0 Å². The summed E-state index contributed by atoms with van der Waals surface area (Å²) in [4.78, 5) is 15.5. The molecule has 1 unspecified atom stereocenters. The van der Waals surface area contributed by atoms with Crippen LogP contribution >= 0.6 is 0 Å². The van der Waals surface area contributed by atoms with E-state index < -0.39 is 11.9 Å². The third kappa shape index (κ3) is 4.94. The van der Waals surface area contributed by atoms with Crippen molar-refractivity contribution in [3.63, 3.8) is 0 Å². The van der Waals surface area contributed by atoms with Gasteiger partial charge in [-0.2, -0.15) is 5.10 Å². The van der Waals surface area contributed by atoms with Gasteiger partial charge in [-0.15, -0.1) is 5.73 Å². The van der Waals surface area contributed by atoms with Gasteiger partial charge in [-0.3, -0.25) is 4.79 Å². The van der Waals surface area contributed by atoms with Crippen molar-refractivity contribution in [3.05, 3.63) is 144 Å². The monoisotopic (exact) mass is 501 g/mol. The number of hydrogen-bond acceptors (Lipinski definition) is 5. The average Bonchev–Trinajstić information content (AvgIpc) is 3.65. The summed E-state index contributed by atoms with van der Waals surface area (Å²) in [6.07, 6.45) is 3.81. The van der Waals surface area contributed by atoms with Crippen LogP contribution in [-0.2, 0) is 0 Å². The second-order valence-corrected chi connectivity index (χ2v) is 8.86. The number of anilines is 1. The first-order chi connectivity index (χ1) is 18.6. The number of nitrogens with zero attached hydrogens (tertiary/aromatic N) is 3. The first-order valence-corrected chi connectivity index (χ1v) is 12.2. The third-order valence-electron chi connectivity index (χ3n) is 6.45. The van der Waals surface area contributed by atoms with Crippen molar-refractivity contribution >= 4 is 22.9 Å². The zero-order valence-corrected chi connectivity index (χ0v) is 21.0. The lowest BCUT2D eigenvalue weighted by Gasteiger charge is -2.21. The molecule has 1 amide bonds. The van der Waals surface area contributed by atoms with Gasteiger partial charge in [0.25, 0.3) is 0 Å². The van der Waals surface area contributed by atoms with Crippen molar-refractivity contribution in [2.75, 3.05) is 11.9 Å². The summed E-state index contributed by atoms with van der Waals surface area (Å²) in [5.74, 6) is -0.122. The molecule has 1 aliphatic rings. The summed E-state index contributed by atoms with van der Waals surface area (Å²) in [5.41, 5.74) is 7.82. The Balaban J connectivity index is 1.64. The van der Waals surface area contributed by atoms with Crippen molar-refractivity contribution in [2.24, 2.45) is 5.10 Å². The molecular weight excluding hydrogens is 474 g/mol. The van der Waals surface area contributed by atoms with Crippen LogP contribution in [0.2, 0.25) is 0 Å². The van der Waals surface area contributed by atoms with Gasteiger partial charge in [0.2, 0.25) is 0 Å². The van der Waals surface area contributed by atoms with Crippen molar-refractivity contribution in [2.45, 2.75) is 12.5 Å². The second kappa shape index (κ2) is 10.9. The number of amides is 1. The molecule has 0 aliphatic carbocycles. The Morgan fingerprint density at radius 1 is 1.03 bits per heavy atom. The molecule has 6 nitrogen and oxygen atoms in total. The van der Waals surface area contributed by atoms with Gasteiger partial charge in [-0.1, -0.05) is 73.3 Å². The van der Waals surface area contributed by atoms with Gasteiger partial charge in [-0.05, 0) is 35.9 Å². The molecule has 3 aromatic carbocycles. The predicted octanol–water partition coefficient (Wildman–Crippen LogP) is 6.82. The van der Waals surface area contributed by atoms with E-state index in [1.807, 2.05) is 90.9 Å². The molecule has 1 N–H and O–H groups in total. The summed E-state index contributed by atoms with van der Waals surface area (Å²) in [6.45, 7) is 3.98. The molecule has 6 heteroatoms. The fraction of sp³-hybridized carbons (Fsp3) is 0.0938. The largest absolute Gasteiger partial charge is 0.508 e. The molecule has 2 heterocycles. The average molecular weight is 502 g/mol. The fourth-order valence-electron chi connectivity index (χ4n) is 4.56. The van der Waals surface area contributed by atoms with Crippen LogP contribution in [0.1, 0.15) is 34.1 Å². The van der Waals surface area contributed by atoms with E-state index in [0.717, 1.165) is 22.4 Å². The number of aromatic hydroxyl groups is 1. The standard InChI is InChI=1S/C32H27N3O3/c1-3-25(23-13-6-4-7-14-23)27(22-34(2)24-15-8-5-9-16-24)28-21-29(26-17-10-11-18-30(26)36)35(33-28)32(37)31-19-12-20-38-31/h4-20,22,29,36H,1,21H2,2H3/b27-22+. The summed E-state index contributed by atoms with van der Waals surface area (Å²) in [7, 11) is 1.96. The molecule has 0 fully saturated rings. The molecule has 4 aromatic rings. The minimum atomic E-state index is -0.531. The SMILES string of the molecule is C=C=C(/C(=C\N(C)c1ccccc1)C1=NN(C(=O)c2ccco2)C(c2ccccc2O)C1)c1ccccc1. The second-order valence-electron chi connectivity index (χ2n) is 8.86. The van der Waals surface area contributed by atoms with Gasteiger partial charge < -0.3 is 14.4 Å². The first kappa shape index (κ1) is 24.6. The van der Waals surface area contributed by atoms with Crippen LogP contribution in [-0.4, -0.2) is 28.8 Å². The molecule has 188 valence electrons. The van der Waals surface area contributed by atoms with Crippen LogP contribution in [0.25, 0.3) is 5.57 Å². The molecule has 0 saturated heterocycles. The number of hydrazone groups is 1. The van der Waals surface area contributed by atoms with Crippen LogP contribution in [0.4, 0.5) is 5.69 Å². The van der Waals surface area contributed by atoms with E-state index in [4.69, 9.17) is 9.52 Å². The smallest absolute Gasteiger partial charge is 0.310 e. The molecule has 1 aliphatic heterocycles. The Labute approximate surface area is 221 Å². The highest BCUT2D eigenvalue weighted by molar-refractivity contribution is 6.15. The van der Waals surface area contributed by atoms with Crippen LogP contribution < -0.4 is 4.90 Å². The van der Waals surface area contributed by atoms with E-state index in [0.29, 0.717) is 17.7 Å². The normalized spacial score (nSPS) is 15.1. The quantitative estimate of drug-likeness (QED) is 0.223. The van der Waals surface area contributed by atoms with Crippen molar-refractivity contribution < 1.29 is 14.3 Å². The number of hydrogen-bond donors (Lipinski definition) is 1. The number of phenolic OH excluding ortho intramolecular Hbond substituents is 1. The Morgan fingerprint density at radius 3 is 2.37 bits per heavy atom. The fourth-order valence-corrected chi connectivity index (χ4v) is 4.56. The van der Waals surface area contributed by atoms with Crippen LogP contribution in [0, 0.1) is 0 Å². The van der Waals surface area contributed by atoms with Crippen molar-refractivity contribution in [1.82, 2.24) is 5.01 Å². The number of carbonyl (C=O) groups excluding carboxylic acids is 1. The summed E-state index contributed by atoms with van der Waals surface area (Å²) >= 11 is 0. The molecule has 5 rings (SSSR count). The maximum atomic E-state index is 13.5. The summed E-state index contributed by atoms with van der Waals surface area (Å²) < 4.78 is 5.40. The number of phenols is 1. The van der Waals surface area contributed by atoms with Gasteiger partial charge in [0.1, 0.15) is 5.75 Å². The molecule has 0 saturated carbocycles. The van der Waals surface area contributed by atoms with E-state index in [2.05, 4.69) is 12.3 Å². The number of para-hydroxylation sites is 2. The van der Waals surface area contributed by atoms with Gasteiger partial charge in [0.15, 0.2) is 5.76 Å². The molecule has 0 bridgehead atoms. The number of benzene rings is 3. The van der Waals surface area contributed by atoms with Gasteiger partial charge in [-0.25, -0.2) is 5.01 Å². The minimum Gasteiger partial charge on any atom is -0.508 e. The van der Waals surface area contributed by atoms with Gasteiger partial charge in [0, 0.05) is 42.1 Å². The summed E-state index contributed by atoms with van der Waals surface area (Å²) in [5, 5.41) is 16.9. The minimum absolute atomic E-state index is 0.0978. The zero-order chi connectivity index (χ0) is 26.5. The summed E-state index contributed by atoms with van der Waals surface area (Å²) in [6, 6.07) is 29.6. The lowest BCUT2D eigenvalue weighted by atomic mass is 9.91. The van der Waals surface area contributed by atoms with Crippen molar-refractivity contribution in [3.8, 4) is 5.75 Å². The van der Waals surface area contributed by atoms with E-state index in [1.165, 1.54) is 11.3 Å². The predicted molar refractivity (Wildman–Crippen MR) is 150 cm³/mol. The Kier molecular flexibility index (Phi) is 7.07. The Hall–Kier alpha value is -5.06. The molecule has 1 aromatic heterocycles. The highest BCUT2D eigenvalue weighted by atomic mass is 16.3. The highest BCUT2D eigenvalue weighted by Crippen LogP contribution is 2.40. The first-order valence-electron chi connectivity index (χ1n) is 12.2. The molecule has 1 atom stereocenters. The topological polar surface area (TPSA) is 69.3 Å². The number of allylic oxidation sites excluding steroid dienone is 2. The van der Waals surface area contributed by atoms with E-state index >= 15 is 0 Å². The van der Waals surface area contributed by atoms with E-state index in [-0.39, 0.29) is 11.5 Å². The maximum absolute atomic E-state index is 13.5. The van der Waals surface area contributed by atoms with Gasteiger partial charge in [0.05, 0.1) is 18.0 Å². The number of rotatable bonds is 7. The number of furan rings is 1. The zero-order valence-electron chi connectivity index (χ0n) is 21.0. The molecular formula is C32H27N3O3. The van der Waals surface area contributed by atoms with Crippen LogP contribution in [0.3, 0.4) is 0 Å². The lowest BCUT2D eigenvalue weighted by Crippen LogP contribution is -2.26. The number of carbonyl (C=O) groups is 1. The Morgan fingerprint density at radius 2 is 1.71 bits per heavy atom. The molecule has 0 spiro atoms. The lowest BCUT2D eigenvalue weighted by molar-refractivity contribution is 0.0677. The van der Waals surface area contributed by atoms with Crippen LogP contribution in [0.15, 0.2) is 137 Å². The van der Waals surface area contributed by atoms with Gasteiger partial charge >= 0.3 is 5.91 Å². The third-order valence-corrected chi connectivity index (χ3v) is 6.45.